The van der Waals surface area contributed by atoms with Crippen molar-refractivity contribution >= 4 is 33.2 Å². The molecule has 1 heterocycles. The van der Waals surface area contributed by atoms with Gasteiger partial charge in [0.25, 0.3) is 0 Å². The molecule has 8 heteroatoms. The van der Waals surface area contributed by atoms with Crippen molar-refractivity contribution in [1.82, 2.24) is 4.98 Å². The number of alkyl halides is 3. The Balaban J connectivity index is 2.21. The Hall–Kier alpha value is -1.41. The zero-order valence-corrected chi connectivity index (χ0v) is 13.8. The summed E-state index contributed by atoms with van der Waals surface area (Å²) in [7, 11) is 0. The van der Waals surface area contributed by atoms with Crippen LogP contribution in [0.4, 0.5) is 13.2 Å². The summed E-state index contributed by atoms with van der Waals surface area (Å²) in [5, 5.41) is 0.542. The van der Waals surface area contributed by atoms with Gasteiger partial charge in [0.15, 0.2) is 0 Å². The molecule has 0 unspecified atom stereocenters. The van der Waals surface area contributed by atoms with Gasteiger partial charge < -0.3 is 4.74 Å². The number of rotatable bonds is 4. The van der Waals surface area contributed by atoms with Crippen molar-refractivity contribution in [3.8, 4) is 10.6 Å². The van der Waals surface area contributed by atoms with Crippen molar-refractivity contribution in [2.24, 2.45) is 0 Å². The zero-order chi connectivity index (χ0) is 16.3. The summed E-state index contributed by atoms with van der Waals surface area (Å²) in [6.07, 6.45) is -4.34. The number of hydrogen-bond acceptors (Lipinski definition) is 4. The fourth-order valence-electron chi connectivity index (χ4n) is 1.72. The lowest BCUT2D eigenvalue weighted by molar-refractivity contribution is -0.142. The first-order chi connectivity index (χ1) is 10.3. The van der Waals surface area contributed by atoms with Gasteiger partial charge in [-0.1, -0.05) is 12.1 Å². The van der Waals surface area contributed by atoms with Crippen LogP contribution in [0.1, 0.15) is 18.2 Å². The van der Waals surface area contributed by atoms with E-state index < -0.39 is 17.7 Å². The predicted octanol–water partition coefficient (Wildman–Crippen LogP) is 4.70. The van der Waals surface area contributed by atoms with Gasteiger partial charge in [-0.2, -0.15) is 13.2 Å². The number of hydrogen-bond donors (Lipinski definition) is 0. The molecule has 0 aliphatic heterocycles. The third-order valence-corrected chi connectivity index (χ3v) is 4.60. The summed E-state index contributed by atoms with van der Waals surface area (Å²) in [6.45, 7) is 1.99. The van der Waals surface area contributed by atoms with Crippen molar-refractivity contribution in [3.05, 3.63) is 39.3 Å². The second-order valence-corrected chi connectivity index (χ2v) is 6.61. The van der Waals surface area contributed by atoms with Gasteiger partial charge in [-0.25, -0.2) is 4.98 Å². The summed E-state index contributed by atoms with van der Waals surface area (Å²) in [6, 6.07) is 4.75. The second-order valence-electron chi connectivity index (χ2n) is 4.30. The van der Waals surface area contributed by atoms with Gasteiger partial charge in [-0.15, -0.1) is 11.3 Å². The maximum absolute atomic E-state index is 12.5. The maximum atomic E-state index is 12.5. The number of thiazole rings is 1. The van der Waals surface area contributed by atoms with Gasteiger partial charge in [-0.3, -0.25) is 4.79 Å². The Labute approximate surface area is 137 Å². The molecule has 0 amide bonds. The minimum absolute atomic E-state index is 0.0194. The highest BCUT2D eigenvalue weighted by molar-refractivity contribution is 9.11. The lowest BCUT2D eigenvalue weighted by Crippen LogP contribution is -2.08. The highest BCUT2D eigenvalue weighted by Gasteiger charge is 2.30. The molecule has 118 valence electrons. The largest absolute Gasteiger partial charge is 0.466 e. The Morgan fingerprint density at radius 2 is 1.95 bits per heavy atom. The fraction of sp³-hybridized carbons (Fsp3) is 0.286. The molecule has 1 aromatic heterocycles. The predicted molar refractivity (Wildman–Crippen MR) is 80.6 cm³/mol. The number of ether oxygens (including phenoxy) is 1. The smallest absolute Gasteiger partial charge is 0.416 e. The van der Waals surface area contributed by atoms with E-state index in [0.717, 1.165) is 12.1 Å². The van der Waals surface area contributed by atoms with Gasteiger partial charge in [0.05, 0.1) is 28.1 Å². The van der Waals surface area contributed by atoms with E-state index in [9.17, 15) is 18.0 Å². The van der Waals surface area contributed by atoms with Crippen LogP contribution in [-0.4, -0.2) is 17.6 Å². The molecular formula is C14H11BrF3NO2S. The van der Waals surface area contributed by atoms with Crippen molar-refractivity contribution in [3.63, 3.8) is 0 Å². The third kappa shape index (κ3) is 4.07. The standard InChI is InChI=1S/C14H11BrF3NO2S/c1-2-21-11(20)7-10-12(15)22-13(19-10)8-3-5-9(6-4-8)14(16,17)18/h3-6H,2,7H2,1H3. The van der Waals surface area contributed by atoms with Crippen LogP contribution in [0.2, 0.25) is 0 Å². The average molecular weight is 394 g/mol. The minimum atomic E-state index is -4.36. The molecule has 0 fully saturated rings. The normalized spacial score (nSPS) is 11.5. The third-order valence-electron chi connectivity index (χ3n) is 2.73. The van der Waals surface area contributed by atoms with E-state index in [1.54, 1.807) is 6.92 Å². The molecule has 0 aliphatic carbocycles. The summed E-state index contributed by atoms with van der Waals surface area (Å²) in [5.41, 5.74) is 0.366. The van der Waals surface area contributed by atoms with Crippen molar-refractivity contribution in [1.29, 1.82) is 0 Å². The number of aromatic nitrogens is 1. The first-order valence-corrected chi connectivity index (χ1v) is 7.90. The number of nitrogens with zero attached hydrogens (tertiary/aromatic N) is 1. The molecule has 2 rings (SSSR count). The summed E-state index contributed by atoms with van der Waals surface area (Å²) < 4.78 is 43.1. The number of halogens is 4. The van der Waals surface area contributed by atoms with Crippen LogP contribution < -0.4 is 0 Å². The Kier molecular flexibility index (Phi) is 5.23. The molecule has 2 aromatic rings. The van der Waals surface area contributed by atoms with Crippen LogP contribution in [0.25, 0.3) is 10.6 Å². The SMILES string of the molecule is CCOC(=O)Cc1nc(-c2ccc(C(F)(F)F)cc2)sc1Br. The van der Waals surface area contributed by atoms with E-state index in [0.29, 0.717) is 20.1 Å². The van der Waals surface area contributed by atoms with E-state index in [1.165, 1.54) is 23.5 Å². The molecule has 0 bridgehead atoms. The highest BCUT2D eigenvalue weighted by atomic mass is 79.9. The molecule has 0 spiro atoms. The van der Waals surface area contributed by atoms with Gasteiger partial charge in [0, 0.05) is 5.56 Å². The van der Waals surface area contributed by atoms with Crippen molar-refractivity contribution < 1.29 is 22.7 Å². The Morgan fingerprint density at radius 3 is 2.50 bits per heavy atom. The van der Waals surface area contributed by atoms with E-state index in [-0.39, 0.29) is 13.0 Å². The molecule has 1 aromatic carbocycles. The van der Waals surface area contributed by atoms with Crippen LogP contribution in [0.15, 0.2) is 28.1 Å². The molecule has 0 atom stereocenters. The van der Waals surface area contributed by atoms with E-state index in [2.05, 4.69) is 20.9 Å². The van der Waals surface area contributed by atoms with Crippen molar-refractivity contribution in [2.75, 3.05) is 6.61 Å². The lowest BCUT2D eigenvalue weighted by Gasteiger charge is -2.06. The fourth-order valence-corrected chi connectivity index (χ4v) is 3.22. The minimum Gasteiger partial charge on any atom is -0.466 e. The molecule has 22 heavy (non-hydrogen) atoms. The maximum Gasteiger partial charge on any atom is 0.416 e. The van der Waals surface area contributed by atoms with Crippen LogP contribution in [0.5, 0.6) is 0 Å². The van der Waals surface area contributed by atoms with Crippen LogP contribution >= 0.6 is 27.3 Å². The number of carbonyl (C=O) groups excluding carboxylic acids is 1. The molecule has 0 saturated carbocycles. The zero-order valence-electron chi connectivity index (χ0n) is 11.4. The van der Waals surface area contributed by atoms with E-state index >= 15 is 0 Å². The van der Waals surface area contributed by atoms with Gasteiger partial charge in [0.2, 0.25) is 0 Å². The van der Waals surface area contributed by atoms with Crippen LogP contribution in [0, 0.1) is 0 Å². The topological polar surface area (TPSA) is 39.2 Å². The highest BCUT2D eigenvalue weighted by Crippen LogP contribution is 2.35. The first-order valence-electron chi connectivity index (χ1n) is 6.29. The molecule has 3 nitrogen and oxygen atoms in total. The molecule has 0 N–H and O–H groups in total. The first kappa shape index (κ1) is 17.0. The second kappa shape index (κ2) is 6.78. The van der Waals surface area contributed by atoms with Crippen molar-refractivity contribution in [2.45, 2.75) is 19.5 Å². The van der Waals surface area contributed by atoms with E-state index in [1.807, 2.05) is 0 Å². The number of carbonyl (C=O) groups is 1. The summed E-state index contributed by atoms with van der Waals surface area (Å²) in [4.78, 5) is 15.7. The van der Waals surface area contributed by atoms with Gasteiger partial charge in [-0.05, 0) is 35.0 Å². The Morgan fingerprint density at radius 1 is 1.32 bits per heavy atom. The lowest BCUT2D eigenvalue weighted by atomic mass is 10.1. The number of benzene rings is 1. The van der Waals surface area contributed by atoms with Gasteiger partial charge in [0.1, 0.15) is 5.01 Å². The van der Waals surface area contributed by atoms with Gasteiger partial charge >= 0.3 is 12.1 Å². The summed E-state index contributed by atoms with van der Waals surface area (Å²) >= 11 is 4.57. The van der Waals surface area contributed by atoms with Crippen LogP contribution in [0.3, 0.4) is 0 Å². The van der Waals surface area contributed by atoms with Crippen LogP contribution in [-0.2, 0) is 22.1 Å². The Bertz CT molecular complexity index is 668. The molecular weight excluding hydrogens is 383 g/mol. The monoisotopic (exact) mass is 393 g/mol. The average Bonchev–Trinajstić information content (AvgIpc) is 2.79. The molecule has 0 radical (unpaired) electrons. The van der Waals surface area contributed by atoms with E-state index in [4.69, 9.17) is 4.74 Å². The molecule has 0 saturated heterocycles. The number of esters is 1. The molecule has 0 aliphatic rings. The quantitative estimate of drug-likeness (QED) is 0.706. The summed E-state index contributed by atoms with van der Waals surface area (Å²) in [5.74, 6) is -0.396.